The molecule has 1 spiro atoms. The van der Waals surface area contributed by atoms with Crippen LogP contribution in [0.15, 0.2) is 24.0 Å². The van der Waals surface area contributed by atoms with Crippen molar-refractivity contribution in [2.75, 3.05) is 27.2 Å². The first-order valence-electron chi connectivity index (χ1n) is 14.1. The van der Waals surface area contributed by atoms with Crippen molar-refractivity contribution in [1.29, 1.82) is 0 Å². The predicted molar refractivity (Wildman–Crippen MR) is 146 cm³/mol. The van der Waals surface area contributed by atoms with Gasteiger partial charge < -0.3 is 45.1 Å². The summed E-state index contributed by atoms with van der Waals surface area (Å²) in [5.41, 5.74) is 5.38. The largest absolute Gasteiger partial charge is 0.493 e. The number of nitrogens with one attached hydrogen (secondary N) is 1. The standard InChI is InChI=1S/C29H37N3O10/c1-15(40-22(34)9-12-31-21(33)7-5-17(30)26(35)36)27(37)41-19-8-10-29(38)20-14-16-4-6-18(39-3)24-23(16)28(29,25(19)42-24)11-13-32(20)2/h4,6,8,15,17,20,25,38H,5,7,9-14,30H2,1-3H3,(H,31,33)(H,35,36)/t15-,17-,20-,25-,28-,29+/m0/s1. The van der Waals surface area contributed by atoms with Crippen molar-refractivity contribution < 1.29 is 48.3 Å². The van der Waals surface area contributed by atoms with E-state index < -0.39 is 53.1 Å². The minimum atomic E-state index is -1.24. The van der Waals surface area contributed by atoms with Crippen molar-refractivity contribution in [3.8, 4) is 11.5 Å². The maximum absolute atomic E-state index is 13.1. The van der Waals surface area contributed by atoms with Gasteiger partial charge in [0.15, 0.2) is 23.7 Å². The summed E-state index contributed by atoms with van der Waals surface area (Å²) in [5.74, 6) is -1.82. The molecule has 6 atom stereocenters. The third kappa shape index (κ3) is 4.78. The zero-order chi connectivity index (χ0) is 30.4. The van der Waals surface area contributed by atoms with Crippen LogP contribution in [0.4, 0.5) is 0 Å². The maximum Gasteiger partial charge on any atom is 0.352 e. The number of hydrogen-bond donors (Lipinski definition) is 4. The number of piperidine rings is 1. The second-order valence-corrected chi connectivity index (χ2v) is 11.4. The van der Waals surface area contributed by atoms with Gasteiger partial charge in [-0.2, -0.15) is 0 Å². The van der Waals surface area contributed by atoms with Crippen molar-refractivity contribution in [3.63, 3.8) is 0 Å². The van der Waals surface area contributed by atoms with Crippen molar-refractivity contribution in [3.05, 3.63) is 35.1 Å². The number of amides is 1. The third-order valence-corrected chi connectivity index (χ3v) is 9.07. The van der Waals surface area contributed by atoms with Crippen LogP contribution < -0.4 is 20.5 Å². The molecule has 4 aliphatic rings. The first-order valence-corrected chi connectivity index (χ1v) is 14.1. The summed E-state index contributed by atoms with van der Waals surface area (Å²) in [4.78, 5) is 50.2. The van der Waals surface area contributed by atoms with Crippen LogP contribution >= 0.6 is 0 Å². The molecule has 1 aromatic rings. The number of likely N-dealkylation sites (N-methyl/N-ethyl adjacent to an activating group) is 1. The number of carbonyl (C=O) groups excluding carboxylic acids is 3. The lowest BCUT2D eigenvalue weighted by Crippen LogP contribution is -2.74. The lowest BCUT2D eigenvalue weighted by Gasteiger charge is -2.61. The maximum atomic E-state index is 13.1. The van der Waals surface area contributed by atoms with Crippen LogP contribution in [0.25, 0.3) is 0 Å². The molecule has 2 aliphatic carbocycles. The number of esters is 2. The number of nitrogens with two attached hydrogens (primary N) is 1. The summed E-state index contributed by atoms with van der Waals surface area (Å²) in [6, 6.07) is 2.57. The first-order chi connectivity index (χ1) is 19.9. The number of methoxy groups -OCH3 is 1. The zero-order valence-electron chi connectivity index (χ0n) is 23.9. The topological polar surface area (TPSA) is 187 Å². The number of carbonyl (C=O) groups is 4. The van der Waals surface area contributed by atoms with Gasteiger partial charge in [0, 0.05) is 31.0 Å². The number of nitrogens with zero attached hydrogens (tertiary/aromatic N) is 1. The van der Waals surface area contributed by atoms with Gasteiger partial charge in [0.25, 0.3) is 0 Å². The summed E-state index contributed by atoms with van der Waals surface area (Å²) in [6.07, 6.45) is 0.832. The van der Waals surface area contributed by atoms with E-state index in [1.807, 2.05) is 19.2 Å². The number of ether oxygens (including phenoxy) is 4. The monoisotopic (exact) mass is 587 g/mol. The molecule has 2 bridgehead atoms. The molecule has 13 heteroatoms. The molecular weight excluding hydrogens is 550 g/mol. The van der Waals surface area contributed by atoms with Crippen molar-refractivity contribution >= 4 is 23.8 Å². The van der Waals surface area contributed by atoms with E-state index in [1.54, 1.807) is 13.2 Å². The molecule has 1 saturated heterocycles. The highest BCUT2D eigenvalue weighted by molar-refractivity contribution is 5.81. The summed E-state index contributed by atoms with van der Waals surface area (Å²) < 4.78 is 23.1. The molecule has 42 heavy (non-hydrogen) atoms. The highest BCUT2D eigenvalue weighted by Crippen LogP contribution is 2.65. The van der Waals surface area contributed by atoms with E-state index in [1.165, 1.54) is 6.92 Å². The average molecular weight is 588 g/mol. The highest BCUT2D eigenvalue weighted by atomic mass is 16.6. The number of aliphatic carboxylic acids is 1. The van der Waals surface area contributed by atoms with Gasteiger partial charge in [0.2, 0.25) is 5.91 Å². The van der Waals surface area contributed by atoms with Gasteiger partial charge in [-0.1, -0.05) is 6.07 Å². The van der Waals surface area contributed by atoms with Gasteiger partial charge >= 0.3 is 17.9 Å². The molecule has 5 N–H and O–H groups in total. The van der Waals surface area contributed by atoms with Crippen molar-refractivity contribution in [1.82, 2.24) is 10.2 Å². The number of rotatable bonds is 11. The van der Waals surface area contributed by atoms with Gasteiger partial charge in [-0.3, -0.25) is 14.4 Å². The molecule has 13 nitrogen and oxygen atoms in total. The molecule has 1 amide bonds. The number of hydrogen-bond acceptors (Lipinski definition) is 11. The average Bonchev–Trinajstić information content (AvgIpc) is 3.30. The molecule has 2 heterocycles. The van der Waals surface area contributed by atoms with Crippen LogP contribution in [-0.4, -0.2) is 96.1 Å². The number of carboxylic acids is 1. The Morgan fingerprint density at radius 1 is 1.26 bits per heavy atom. The van der Waals surface area contributed by atoms with Gasteiger partial charge in [-0.15, -0.1) is 0 Å². The lowest BCUT2D eigenvalue weighted by molar-refractivity contribution is -0.175. The van der Waals surface area contributed by atoms with E-state index in [0.717, 1.165) is 17.7 Å². The number of benzene rings is 1. The van der Waals surface area contributed by atoms with Gasteiger partial charge in [0.05, 0.1) is 24.5 Å². The van der Waals surface area contributed by atoms with E-state index in [-0.39, 0.29) is 44.0 Å². The predicted octanol–water partition coefficient (Wildman–Crippen LogP) is 0.146. The Kier molecular flexibility index (Phi) is 7.94. The molecular formula is C29H37N3O10. The van der Waals surface area contributed by atoms with Crippen LogP contribution in [0.3, 0.4) is 0 Å². The Balaban J connectivity index is 1.23. The van der Waals surface area contributed by atoms with Crippen LogP contribution in [0.1, 0.15) is 50.2 Å². The Morgan fingerprint density at radius 3 is 2.74 bits per heavy atom. The molecule has 1 aromatic carbocycles. The third-order valence-electron chi connectivity index (χ3n) is 9.07. The summed E-state index contributed by atoms with van der Waals surface area (Å²) in [5, 5.41) is 23.5. The number of aliphatic hydroxyl groups is 1. The van der Waals surface area contributed by atoms with Gasteiger partial charge in [-0.25, -0.2) is 4.79 Å². The summed E-state index contributed by atoms with van der Waals surface area (Å²) in [7, 11) is 3.56. The normalized spacial score (nSPS) is 28.4. The van der Waals surface area contributed by atoms with E-state index >= 15 is 0 Å². The molecule has 2 aliphatic heterocycles. The van der Waals surface area contributed by atoms with Crippen molar-refractivity contribution in [2.45, 2.75) is 80.8 Å². The lowest BCUT2D eigenvalue weighted by atomic mass is 9.50. The molecule has 0 radical (unpaired) electrons. The number of likely N-dealkylation sites (tertiary alicyclic amines) is 1. The minimum Gasteiger partial charge on any atom is -0.493 e. The highest BCUT2D eigenvalue weighted by Gasteiger charge is 2.72. The Morgan fingerprint density at radius 2 is 2.02 bits per heavy atom. The second-order valence-electron chi connectivity index (χ2n) is 11.4. The van der Waals surface area contributed by atoms with Crippen LogP contribution in [0, 0.1) is 0 Å². The SMILES string of the molecule is COc1ccc2c3c1O[C@H]1C(OC(=O)[C@H](C)OC(=O)CCNC(=O)CC[C@H](N)C(=O)O)=CC[C@@]4(O)[C@H](C2)N(C)CC[C@]314. The first kappa shape index (κ1) is 29.8. The molecule has 5 rings (SSSR count). The van der Waals surface area contributed by atoms with E-state index in [0.29, 0.717) is 24.3 Å². The zero-order valence-corrected chi connectivity index (χ0v) is 23.9. The fraction of sp³-hybridized carbons (Fsp3) is 0.586. The number of carboxylic acid groups (broad SMARTS) is 1. The van der Waals surface area contributed by atoms with Crippen LogP contribution in [-0.2, 0) is 40.5 Å². The summed E-state index contributed by atoms with van der Waals surface area (Å²) >= 11 is 0. The Bertz CT molecular complexity index is 1330. The fourth-order valence-electron chi connectivity index (χ4n) is 6.89. The van der Waals surface area contributed by atoms with Crippen LogP contribution in [0.2, 0.25) is 0 Å². The van der Waals surface area contributed by atoms with Crippen LogP contribution in [0.5, 0.6) is 11.5 Å². The Labute approximate surface area is 242 Å². The smallest absolute Gasteiger partial charge is 0.352 e. The second kappa shape index (κ2) is 11.2. The minimum absolute atomic E-state index is 0.0374. The van der Waals surface area contributed by atoms with E-state index in [2.05, 4.69) is 10.2 Å². The molecule has 228 valence electrons. The fourth-order valence-corrected chi connectivity index (χ4v) is 6.89. The summed E-state index contributed by atoms with van der Waals surface area (Å²) in [6.45, 7) is 2.06. The molecule has 0 unspecified atom stereocenters. The van der Waals surface area contributed by atoms with E-state index in [9.17, 15) is 24.3 Å². The molecule has 0 saturated carbocycles. The molecule has 0 aromatic heterocycles. The molecule has 1 fully saturated rings. The Hall–Kier alpha value is -3.68. The van der Waals surface area contributed by atoms with Gasteiger partial charge in [-0.05, 0) is 57.5 Å². The quantitative estimate of drug-likeness (QED) is 0.257. The van der Waals surface area contributed by atoms with Gasteiger partial charge in [0.1, 0.15) is 11.8 Å². The van der Waals surface area contributed by atoms with E-state index in [4.69, 9.17) is 29.8 Å². The van der Waals surface area contributed by atoms with Crippen molar-refractivity contribution in [2.24, 2.45) is 5.73 Å².